The monoisotopic (exact) mass is 255 g/mol. The number of thiophene rings is 1. The van der Waals surface area contributed by atoms with Crippen LogP contribution < -0.4 is 5.73 Å². The molecule has 0 saturated heterocycles. The molecule has 2 aromatic heterocycles. The second-order valence-corrected chi connectivity index (χ2v) is 5.16. The van der Waals surface area contributed by atoms with Gasteiger partial charge in [0.05, 0.1) is 17.1 Å². The molecule has 3 nitrogen and oxygen atoms in total. The summed E-state index contributed by atoms with van der Waals surface area (Å²) in [6, 6.07) is 7.93. The third kappa shape index (κ3) is 1.79. The van der Waals surface area contributed by atoms with E-state index in [4.69, 9.17) is 5.73 Å². The number of hydrogen-bond donors (Lipinski definition) is 1. The van der Waals surface area contributed by atoms with Crippen LogP contribution in [0.3, 0.4) is 0 Å². The number of nitrogens with zero attached hydrogens (tertiary/aromatic N) is 2. The van der Waals surface area contributed by atoms with Gasteiger partial charge in [0.1, 0.15) is 0 Å². The van der Waals surface area contributed by atoms with Crippen LogP contribution in [-0.4, -0.2) is 9.97 Å². The highest BCUT2D eigenvalue weighted by Gasteiger charge is 2.16. The van der Waals surface area contributed by atoms with Gasteiger partial charge in [-0.05, 0) is 30.0 Å². The number of benzene rings is 1. The van der Waals surface area contributed by atoms with E-state index in [0.717, 1.165) is 16.6 Å². The lowest BCUT2D eigenvalue weighted by Gasteiger charge is -2.13. The zero-order valence-corrected chi connectivity index (χ0v) is 10.8. The summed E-state index contributed by atoms with van der Waals surface area (Å²) in [4.78, 5) is 9.91. The normalized spacial score (nSPS) is 12.8. The molecule has 0 bridgehead atoms. The first-order chi connectivity index (χ1) is 8.77. The molecule has 1 atom stereocenters. The van der Waals surface area contributed by atoms with Crippen molar-refractivity contribution in [3.63, 3.8) is 0 Å². The van der Waals surface area contributed by atoms with Gasteiger partial charge in [-0.3, -0.25) is 9.97 Å². The number of para-hydroxylation sites is 1. The molecule has 3 aromatic rings. The summed E-state index contributed by atoms with van der Waals surface area (Å²) in [7, 11) is 0. The summed E-state index contributed by atoms with van der Waals surface area (Å²) in [6.07, 6.45) is 3.41. The van der Waals surface area contributed by atoms with Crippen molar-refractivity contribution in [1.29, 1.82) is 0 Å². The SMILES string of the molecule is Cc1ccsc1C(N)c1cccc2nccnc12. The molecule has 0 fully saturated rings. The van der Waals surface area contributed by atoms with E-state index in [1.165, 1.54) is 10.4 Å². The van der Waals surface area contributed by atoms with Crippen LogP contribution in [0.2, 0.25) is 0 Å². The summed E-state index contributed by atoms with van der Waals surface area (Å²) >= 11 is 1.69. The Morgan fingerprint density at radius 2 is 2.00 bits per heavy atom. The Labute approximate surface area is 109 Å². The Hall–Kier alpha value is -1.78. The number of rotatable bonds is 2. The van der Waals surface area contributed by atoms with E-state index >= 15 is 0 Å². The van der Waals surface area contributed by atoms with Crippen molar-refractivity contribution in [2.24, 2.45) is 5.73 Å². The Morgan fingerprint density at radius 3 is 2.78 bits per heavy atom. The van der Waals surface area contributed by atoms with Gasteiger partial charge in [-0.1, -0.05) is 12.1 Å². The number of aromatic nitrogens is 2. The van der Waals surface area contributed by atoms with Crippen molar-refractivity contribution in [2.45, 2.75) is 13.0 Å². The molecule has 4 heteroatoms. The predicted octanol–water partition coefficient (Wildman–Crippen LogP) is 3.05. The topological polar surface area (TPSA) is 51.8 Å². The average molecular weight is 255 g/mol. The number of aryl methyl sites for hydroxylation is 1. The van der Waals surface area contributed by atoms with E-state index in [2.05, 4.69) is 28.3 Å². The Balaban J connectivity index is 2.18. The Morgan fingerprint density at radius 1 is 1.17 bits per heavy atom. The van der Waals surface area contributed by atoms with Crippen molar-refractivity contribution in [1.82, 2.24) is 9.97 Å². The first-order valence-electron chi connectivity index (χ1n) is 5.76. The maximum absolute atomic E-state index is 6.37. The third-order valence-electron chi connectivity index (χ3n) is 3.05. The van der Waals surface area contributed by atoms with Crippen molar-refractivity contribution >= 4 is 22.4 Å². The van der Waals surface area contributed by atoms with E-state index in [9.17, 15) is 0 Å². The maximum Gasteiger partial charge on any atom is 0.0938 e. The Bertz CT molecular complexity index is 685. The molecular weight excluding hydrogens is 242 g/mol. The van der Waals surface area contributed by atoms with E-state index < -0.39 is 0 Å². The quantitative estimate of drug-likeness (QED) is 0.765. The molecule has 3 rings (SSSR count). The van der Waals surface area contributed by atoms with Gasteiger partial charge in [0.15, 0.2) is 0 Å². The lowest BCUT2D eigenvalue weighted by atomic mass is 10.0. The van der Waals surface area contributed by atoms with E-state index in [1.54, 1.807) is 23.7 Å². The maximum atomic E-state index is 6.37. The minimum absolute atomic E-state index is 0.134. The van der Waals surface area contributed by atoms with Gasteiger partial charge in [0.25, 0.3) is 0 Å². The summed E-state index contributed by atoms with van der Waals surface area (Å²) in [5.74, 6) is 0. The number of nitrogens with two attached hydrogens (primary N) is 1. The second kappa shape index (κ2) is 4.48. The van der Waals surface area contributed by atoms with Crippen molar-refractivity contribution in [3.05, 3.63) is 58.0 Å². The van der Waals surface area contributed by atoms with Gasteiger partial charge >= 0.3 is 0 Å². The molecule has 0 aliphatic carbocycles. The van der Waals surface area contributed by atoms with Crippen LogP contribution in [-0.2, 0) is 0 Å². The lowest BCUT2D eigenvalue weighted by molar-refractivity contribution is 0.890. The molecular formula is C14H13N3S. The molecule has 0 spiro atoms. The molecule has 0 saturated carbocycles. The summed E-state index contributed by atoms with van der Waals surface area (Å²) in [5.41, 5.74) is 10.4. The summed E-state index contributed by atoms with van der Waals surface area (Å²) in [5, 5.41) is 2.07. The Kier molecular flexibility index (Phi) is 2.81. The van der Waals surface area contributed by atoms with Gasteiger partial charge < -0.3 is 5.73 Å². The molecule has 0 aliphatic rings. The fraction of sp³-hybridized carbons (Fsp3) is 0.143. The molecule has 0 radical (unpaired) electrons. The highest BCUT2D eigenvalue weighted by Crippen LogP contribution is 2.30. The third-order valence-corrected chi connectivity index (χ3v) is 4.15. The zero-order valence-electron chi connectivity index (χ0n) is 10.00. The average Bonchev–Trinajstić information content (AvgIpc) is 2.83. The molecule has 1 unspecified atom stereocenters. The van der Waals surface area contributed by atoms with Crippen molar-refractivity contribution < 1.29 is 0 Å². The van der Waals surface area contributed by atoms with Crippen LogP contribution in [0, 0.1) is 6.92 Å². The molecule has 1 aromatic carbocycles. The summed E-state index contributed by atoms with van der Waals surface area (Å²) < 4.78 is 0. The van der Waals surface area contributed by atoms with Gasteiger partial charge in [-0.25, -0.2) is 0 Å². The van der Waals surface area contributed by atoms with Crippen LogP contribution in [0.25, 0.3) is 11.0 Å². The minimum atomic E-state index is -0.134. The van der Waals surface area contributed by atoms with Crippen LogP contribution in [0.1, 0.15) is 22.0 Å². The lowest BCUT2D eigenvalue weighted by Crippen LogP contribution is -2.12. The highest BCUT2D eigenvalue weighted by atomic mass is 32.1. The standard InChI is InChI=1S/C14H13N3S/c1-9-5-8-18-14(9)12(15)10-3-2-4-11-13(10)17-7-6-16-11/h2-8,12H,15H2,1H3. The molecule has 2 N–H and O–H groups in total. The zero-order chi connectivity index (χ0) is 12.5. The predicted molar refractivity (Wildman–Crippen MR) is 74.6 cm³/mol. The fourth-order valence-corrected chi connectivity index (χ4v) is 3.06. The first kappa shape index (κ1) is 11.3. The molecule has 0 aliphatic heterocycles. The summed E-state index contributed by atoms with van der Waals surface area (Å²) in [6.45, 7) is 2.09. The van der Waals surface area contributed by atoms with Gasteiger partial charge in [0, 0.05) is 22.8 Å². The molecule has 18 heavy (non-hydrogen) atoms. The smallest absolute Gasteiger partial charge is 0.0938 e. The van der Waals surface area contributed by atoms with Crippen LogP contribution in [0.15, 0.2) is 42.0 Å². The first-order valence-corrected chi connectivity index (χ1v) is 6.64. The van der Waals surface area contributed by atoms with Gasteiger partial charge in [-0.2, -0.15) is 0 Å². The number of hydrogen-bond acceptors (Lipinski definition) is 4. The largest absolute Gasteiger partial charge is 0.320 e. The van der Waals surface area contributed by atoms with E-state index in [0.29, 0.717) is 0 Å². The van der Waals surface area contributed by atoms with Crippen LogP contribution in [0.5, 0.6) is 0 Å². The molecule has 0 amide bonds. The van der Waals surface area contributed by atoms with Crippen LogP contribution in [0.4, 0.5) is 0 Å². The van der Waals surface area contributed by atoms with Crippen LogP contribution >= 0.6 is 11.3 Å². The fourth-order valence-electron chi connectivity index (χ4n) is 2.11. The molecule has 90 valence electrons. The van der Waals surface area contributed by atoms with E-state index in [1.807, 2.05) is 18.2 Å². The highest BCUT2D eigenvalue weighted by molar-refractivity contribution is 7.10. The van der Waals surface area contributed by atoms with Gasteiger partial charge in [0.2, 0.25) is 0 Å². The molecule has 2 heterocycles. The number of fused-ring (bicyclic) bond motifs is 1. The second-order valence-electron chi connectivity index (χ2n) is 4.22. The van der Waals surface area contributed by atoms with Gasteiger partial charge in [-0.15, -0.1) is 11.3 Å². The minimum Gasteiger partial charge on any atom is -0.320 e. The van der Waals surface area contributed by atoms with Crippen molar-refractivity contribution in [3.8, 4) is 0 Å². The van der Waals surface area contributed by atoms with E-state index in [-0.39, 0.29) is 6.04 Å². The van der Waals surface area contributed by atoms with Crippen molar-refractivity contribution in [2.75, 3.05) is 0 Å².